The number of fused-ring (bicyclic) bond motifs is 4. The third-order valence-corrected chi connectivity index (χ3v) is 13.2. The summed E-state index contributed by atoms with van der Waals surface area (Å²) in [5.41, 5.74) is 2.76. The fourth-order valence-corrected chi connectivity index (χ4v) is 13.1. The van der Waals surface area contributed by atoms with Gasteiger partial charge in [-0.3, -0.25) is 4.98 Å². The molecule has 1 aliphatic heterocycles. The summed E-state index contributed by atoms with van der Waals surface area (Å²) in [6.07, 6.45) is 27.8. The van der Waals surface area contributed by atoms with E-state index in [-0.39, 0.29) is 19.1 Å². The van der Waals surface area contributed by atoms with Gasteiger partial charge < -0.3 is 17.3 Å². The van der Waals surface area contributed by atoms with Gasteiger partial charge in [-0.2, -0.15) is 0 Å². The molecule has 2 fully saturated rings. The molecule has 5 unspecified atom stereocenters. The van der Waals surface area contributed by atoms with Crippen LogP contribution in [-0.2, 0) is 17.0 Å². The average molecular weight is 587 g/mol. The second kappa shape index (κ2) is 11.6. The molecular weight excluding hydrogens is 549 g/mol. The van der Waals surface area contributed by atoms with E-state index < -0.39 is 25.3 Å². The molecule has 0 bridgehead atoms. The molecule has 1 aromatic rings. The van der Waals surface area contributed by atoms with Crippen LogP contribution in [0.15, 0.2) is 91.2 Å². The Morgan fingerprint density at radius 2 is 1.46 bits per heavy atom. The fourth-order valence-electron chi connectivity index (χ4n) is 7.79. The number of pyridine rings is 1. The summed E-state index contributed by atoms with van der Waals surface area (Å²) >= 11 is -0.556. The summed E-state index contributed by atoms with van der Waals surface area (Å²) in [4.78, 5) is 4.68. The Morgan fingerprint density at radius 3 is 2.00 bits per heavy atom. The Bertz CT molecular complexity index is 1110. The van der Waals surface area contributed by atoms with Gasteiger partial charge in [-0.05, 0) is 46.9 Å². The molecule has 6 rings (SSSR count). The number of hydrogen-bond donors (Lipinski definition) is 0. The van der Waals surface area contributed by atoms with Crippen molar-refractivity contribution >= 4 is 32.4 Å². The Morgan fingerprint density at radius 1 is 0.892 bits per heavy atom. The second-order valence-electron chi connectivity index (χ2n) is 11.3. The van der Waals surface area contributed by atoms with Crippen LogP contribution in [0, 0.1) is 31.1 Å². The van der Waals surface area contributed by atoms with E-state index in [2.05, 4.69) is 115 Å². The molecule has 4 aliphatic carbocycles. The molecule has 5 aliphatic rings. The normalized spacial score (nSPS) is 34.4. The van der Waals surface area contributed by atoms with E-state index in [0.717, 1.165) is 5.69 Å². The molecule has 37 heavy (non-hydrogen) atoms. The summed E-state index contributed by atoms with van der Waals surface area (Å²) in [7, 11) is 7.82. The first kappa shape index (κ1) is 29.0. The Kier molecular flexibility index (Phi) is 9.12. The standard InChI is InChI=1S/C29H34N3Si.CH3.2ClH.Ti/c1-29(2)31-27-24(25-17-9-10-19-30-25)16-11-18-26(27)32(29)33(3,4)28-22-14-7-5-12-20(22)21-13-6-8-15-23(21)28;;;;/h5-23,26-28H,1-4H3;1H3;2*1H;/q2*-1;;;+2/p-2/t20?,21?,22?,23?,26-,27?,28?;;;;/m1..../s1. The first-order valence-electron chi connectivity index (χ1n) is 12.8. The van der Waals surface area contributed by atoms with Crippen molar-refractivity contribution in [2.45, 2.75) is 50.2 Å². The maximum atomic E-state index is 5.46. The second-order valence-corrected chi connectivity index (χ2v) is 18.3. The summed E-state index contributed by atoms with van der Waals surface area (Å²) in [5, 5.41) is 5.46. The van der Waals surface area contributed by atoms with E-state index >= 15 is 0 Å². The average Bonchev–Trinajstić information content (AvgIpc) is 3.36. The molecule has 1 aromatic heterocycles. The third kappa shape index (κ3) is 5.16. The van der Waals surface area contributed by atoms with E-state index in [9.17, 15) is 0 Å². The minimum atomic E-state index is -1.96. The minimum absolute atomic E-state index is 0. The number of hydrogen-bond acceptors (Lipinski definition) is 2. The summed E-state index contributed by atoms with van der Waals surface area (Å²) in [6, 6.07) is 6.64. The van der Waals surface area contributed by atoms with E-state index in [0.29, 0.717) is 35.3 Å². The molecule has 0 spiro atoms. The van der Waals surface area contributed by atoms with Gasteiger partial charge in [0.1, 0.15) is 8.24 Å². The van der Waals surface area contributed by atoms with E-state index in [1.807, 2.05) is 12.3 Å². The number of allylic oxidation sites excluding steroid dienone is 10. The van der Waals surface area contributed by atoms with Gasteiger partial charge >= 0.3 is 35.6 Å². The van der Waals surface area contributed by atoms with Crippen LogP contribution in [0.3, 0.4) is 0 Å². The molecule has 6 atom stereocenters. The SMILES string of the molecule is CC1(C)[N-]C2C(c3ccccn3)=CC=C[C@H]2N1[Si](C)(C)C1C2C=CC=CC2C2C=CC=CC21.[CH3-].[Cl][Ti][Cl]. The van der Waals surface area contributed by atoms with Crippen molar-refractivity contribution in [2.75, 3.05) is 0 Å². The molecule has 3 nitrogen and oxygen atoms in total. The van der Waals surface area contributed by atoms with Crippen molar-refractivity contribution in [3.05, 3.63) is 110 Å². The summed E-state index contributed by atoms with van der Waals surface area (Å²) in [6.45, 7) is 9.89. The molecule has 2 heterocycles. The molecule has 1 saturated carbocycles. The van der Waals surface area contributed by atoms with Gasteiger partial charge in [-0.1, -0.05) is 112 Å². The number of halogens is 2. The van der Waals surface area contributed by atoms with Crippen LogP contribution in [0.2, 0.25) is 18.6 Å². The van der Waals surface area contributed by atoms with Crippen molar-refractivity contribution in [1.29, 1.82) is 0 Å². The van der Waals surface area contributed by atoms with E-state index in [4.69, 9.17) is 23.9 Å². The molecule has 0 radical (unpaired) electrons. The molecule has 0 aromatic carbocycles. The molecule has 0 amide bonds. The van der Waals surface area contributed by atoms with Gasteiger partial charge in [0, 0.05) is 12.2 Å². The van der Waals surface area contributed by atoms with Crippen molar-refractivity contribution in [3.8, 4) is 0 Å². The van der Waals surface area contributed by atoms with Gasteiger partial charge in [-0.15, -0.1) is 0 Å². The predicted molar refractivity (Wildman–Crippen MR) is 158 cm³/mol. The van der Waals surface area contributed by atoms with Gasteiger partial charge in [0.05, 0.1) is 5.69 Å². The summed E-state index contributed by atoms with van der Waals surface area (Å²) in [5.74, 6) is 2.43. The Hall–Kier alpha value is -0.979. The summed E-state index contributed by atoms with van der Waals surface area (Å²) < 4.78 is 2.86. The van der Waals surface area contributed by atoms with Crippen LogP contribution in [0.5, 0.6) is 0 Å². The van der Waals surface area contributed by atoms with Crippen LogP contribution < -0.4 is 0 Å². The quantitative estimate of drug-likeness (QED) is 0.263. The third-order valence-electron chi connectivity index (χ3n) is 8.68. The van der Waals surface area contributed by atoms with E-state index in [1.165, 1.54) is 5.57 Å². The molecule has 1 saturated heterocycles. The van der Waals surface area contributed by atoms with Crippen LogP contribution in [0.4, 0.5) is 0 Å². The number of rotatable bonds is 3. The zero-order valence-electron chi connectivity index (χ0n) is 22.3. The molecule has 0 N–H and O–H groups in total. The Labute approximate surface area is 241 Å². The van der Waals surface area contributed by atoms with E-state index in [1.54, 1.807) is 0 Å². The van der Waals surface area contributed by atoms with Gasteiger partial charge in [0.2, 0.25) is 0 Å². The van der Waals surface area contributed by atoms with Gasteiger partial charge in [0.25, 0.3) is 0 Å². The van der Waals surface area contributed by atoms with Crippen molar-refractivity contribution in [3.63, 3.8) is 0 Å². The van der Waals surface area contributed by atoms with Gasteiger partial charge in [0.15, 0.2) is 0 Å². The maximum absolute atomic E-state index is 5.46. The molecule has 7 heteroatoms. The predicted octanol–water partition coefficient (Wildman–Crippen LogP) is 8.33. The number of aromatic nitrogens is 1. The van der Waals surface area contributed by atoms with Crippen molar-refractivity contribution in [2.24, 2.45) is 23.7 Å². The topological polar surface area (TPSA) is 30.2 Å². The Balaban J connectivity index is 0.000000765. The van der Waals surface area contributed by atoms with Crippen molar-refractivity contribution < 1.29 is 17.0 Å². The van der Waals surface area contributed by atoms with Crippen LogP contribution in [-0.4, -0.2) is 35.5 Å². The zero-order chi connectivity index (χ0) is 25.5. The number of nitrogens with zero attached hydrogens (tertiary/aromatic N) is 3. The van der Waals surface area contributed by atoms with Gasteiger partial charge in [-0.25, -0.2) is 0 Å². The zero-order valence-corrected chi connectivity index (χ0v) is 26.4. The first-order valence-corrected chi connectivity index (χ1v) is 20.1. The molecular formula is C30H37Cl2N3SiTi-2. The monoisotopic (exact) mass is 585 g/mol. The van der Waals surface area contributed by atoms with Crippen LogP contribution >= 0.6 is 18.6 Å². The molecule has 196 valence electrons. The first-order chi connectivity index (χ1) is 17.3. The van der Waals surface area contributed by atoms with Crippen LogP contribution in [0.1, 0.15) is 19.5 Å². The fraction of sp³-hybridized carbons (Fsp3) is 0.400. The van der Waals surface area contributed by atoms with Crippen LogP contribution in [0.25, 0.3) is 10.9 Å². The van der Waals surface area contributed by atoms with Crippen molar-refractivity contribution in [1.82, 2.24) is 9.55 Å².